The minimum absolute atomic E-state index is 0.0110. The molecule has 0 aliphatic carbocycles. The molecule has 2 N–H and O–H groups in total. The van der Waals surface area contributed by atoms with E-state index in [0.717, 1.165) is 5.70 Å². The van der Waals surface area contributed by atoms with Crippen LogP contribution in [-0.4, -0.2) is 21.7 Å². The molecular formula is C19H20N2O3. The number of benzene rings is 1. The predicted molar refractivity (Wildman–Crippen MR) is 92.8 cm³/mol. The van der Waals surface area contributed by atoms with Crippen molar-refractivity contribution in [3.8, 4) is 5.75 Å². The molecule has 1 aliphatic heterocycles. The van der Waals surface area contributed by atoms with Crippen LogP contribution in [0.15, 0.2) is 71.9 Å². The van der Waals surface area contributed by atoms with Gasteiger partial charge in [0.1, 0.15) is 5.75 Å². The lowest BCUT2D eigenvalue weighted by Gasteiger charge is -2.23. The summed E-state index contributed by atoms with van der Waals surface area (Å²) in [5.41, 5.74) is 2.57. The number of phenolic OH excluding ortho intramolecular Hbond substituents is 1. The van der Waals surface area contributed by atoms with Crippen molar-refractivity contribution < 1.29 is 14.7 Å². The Labute approximate surface area is 141 Å². The van der Waals surface area contributed by atoms with E-state index in [1.165, 1.54) is 19.1 Å². The zero-order valence-electron chi connectivity index (χ0n) is 13.9. The summed E-state index contributed by atoms with van der Waals surface area (Å²) in [6.45, 7) is 5.16. The van der Waals surface area contributed by atoms with Gasteiger partial charge in [0.05, 0.1) is 5.70 Å². The standard InChI is InChI=1S/C19H20N2O3/c1-4-17-8-7-16(12-21(17)11-13(2)14(3)22)20-19(24)15-5-9-18(23)10-6-15/h4-12,23H,1-3H3,(H,20,24)/b13-11+,17-4-. The van der Waals surface area contributed by atoms with Crippen LogP contribution < -0.4 is 5.32 Å². The molecule has 5 heteroatoms. The van der Waals surface area contributed by atoms with Gasteiger partial charge in [-0.2, -0.15) is 0 Å². The maximum Gasteiger partial charge on any atom is 0.255 e. The Hall–Kier alpha value is -3.08. The Morgan fingerprint density at radius 3 is 2.38 bits per heavy atom. The lowest BCUT2D eigenvalue weighted by Crippen LogP contribution is -2.25. The predicted octanol–water partition coefficient (Wildman–Crippen LogP) is 3.23. The molecule has 0 unspecified atom stereocenters. The zero-order valence-corrected chi connectivity index (χ0v) is 13.9. The minimum Gasteiger partial charge on any atom is -0.508 e. The summed E-state index contributed by atoms with van der Waals surface area (Å²) in [5, 5.41) is 12.1. The number of ketones is 1. The van der Waals surface area contributed by atoms with Gasteiger partial charge in [0.2, 0.25) is 0 Å². The molecular weight excluding hydrogens is 304 g/mol. The SMILES string of the molecule is C/C=C1/C=CC(NC(=O)c2ccc(O)cc2)=CN1/C=C(\C)C(C)=O. The van der Waals surface area contributed by atoms with Crippen LogP contribution in [0.25, 0.3) is 0 Å². The number of amides is 1. The number of carbonyl (C=O) groups is 2. The number of hydrogen-bond acceptors (Lipinski definition) is 4. The Bertz CT molecular complexity index is 768. The third kappa shape index (κ3) is 4.23. The smallest absolute Gasteiger partial charge is 0.255 e. The van der Waals surface area contributed by atoms with Crippen molar-refractivity contribution in [2.75, 3.05) is 0 Å². The number of phenols is 1. The van der Waals surface area contributed by atoms with Gasteiger partial charge in [0.25, 0.3) is 5.91 Å². The summed E-state index contributed by atoms with van der Waals surface area (Å²) >= 11 is 0. The largest absolute Gasteiger partial charge is 0.508 e. The molecule has 0 spiro atoms. The lowest BCUT2D eigenvalue weighted by molar-refractivity contribution is -0.113. The van der Waals surface area contributed by atoms with Crippen molar-refractivity contribution in [3.05, 3.63) is 77.4 Å². The molecule has 0 aromatic heterocycles. The van der Waals surface area contributed by atoms with Gasteiger partial charge in [-0.1, -0.05) is 6.08 Å². The first-order chi connectivity index (χ1) is 11.4. The second kappa shape index (κ2) is 7.46. The molecule has 1 aliphatic rings. The van der Waals surface area contributed by atoms with Crippen LogP contribution in [0.3, 0.4) is 0 Å². The van der Waals surface area contributed by atoms with Gasteiger partial charge in [-0.15, -0.1) is 0 Å². The van der Waals surface area contributed by atoms with Crippen LogP contribution in [0.1, 0.15) is 31.1 Å². The lowest BCUT2D eigenvalue weighted by atomic mass is 10.1. The molecule has 1 heterocycles. The van der Waals surface area contributed by atoms with E-state index >= 15 is 0 Å². The second-order valence-electron chi connectivity index (χ2n) is 5.41. The maximum absolute atomic E-state index is 12.2. The first-order valence-corrected chi connectivity index (χ1v) is 7.55. The molecule has 1 amide bonds. The van der Waals surface area contributed by atoms with E-state index in [1.54, 1.807) is 42.4 Å². The molecule has 5 nitrogen and oxygen atoms in total. The molecule has 1 aromatic rings. The Balaban J connectivity index is 2.20. The van der Waals surface area contributed by atoms with Gasteiger partial charge in [-0.25, -0.2) is 0 Å². The van der Waals surface area contributed by atoms with Crippen LogP contribution in [0.5, 0.6) is 5.75 Å². The molecule has 1 aromatic carbocycles. The molecule has 0 fully saturated rings. The molecule has 0 saturated carbocycles. The van der Waals surface area contributed by atoms with E-state index in [0.29, 0.717) is 16.8 Å². The van der Waals surface area contributed by atoms with Gasteiger partial charge in [0, 0.05) is 29.2 Å². The second-order valence-corrected chi connectivity index (χ2v) is 5.41. The van der Waals surface area contributed by atoms with Gasteiger partial charge >= 0.3 is 0 Å². The third-order valence-corrected chi connectivity index (χ3v) is 3.58. The molecule has 2 rings (SSSR count). The fourth-order valence-corrected chi connectivity index (χ4v) is 2.08. The normalized spacial score (nSPS) is 16.1. The Morgan fingerprint density at radius 2 is 1.79 bits per heavy atom. The van der Waals surface area contributed by atoms with E-state index in [4.69, 9.17) is 0 Å². The molecule has 24 heavy (non-hydrogen) atoms. The van der Waals surface area contributed by atoms with E-state index in [-0.39, 0.29) is 17.4 Å². The number of nitrogens with zero attached hydrogens (tertiary/aromatic N) is 1. The first-order valence-electron chi connectivity index (χ1n) is 7.55. The van der Waals surface area contributed by atoms with E-state index < -0.39 is 0 Å². The fraction of sp³-hybridized carbons (Fsp3) is 0.158. The third-order valence-electron chi connectivity index (χ3n) is 3.58. The van der Waals surface area contributed by atoms with E-state index in [9.17, 15) is 14.7 Å². The average molecular weight is 324 g/mol. The van der Waals surface area contributed by atoms with Crippen LogP contribution >= 0.6 is 0 Å². The summed E-state index contributed by atoms with van der Waals surface area (Å²) in [7, 11) is 0. The number of aromatic hydroxyl groups is 1. The number of carbonyl (C=O) groups excluding carboxylic acids is 2. The summed E-state index contributed by atoms with van der Waals surface area (Å²) in [6.07, 6.45) is 9.04. The molecule has 0 radical (unpaired) electrons. The highest BCUT2D eigenvalue weighted by molar-refractivity contribution is 5.95. The van der Waals surface area contributed by atoms with Crippen molar-refractivity contribution in [1.82, 2.24) is 10.2 Å². The molecule has 0 saturated heterocycles. The Morgan fingerprint density at radius 1 is 1.12 bits per heavy atom. The summed E-state index contributed by atoms with van der Waals surface area (Å²) in [5.74, 6) is -0.179. The van der Waals surface area contributed by atoms with Crippen molar-refractivity contribution in [3.63, 3.8) is 0 Å². The first kappa shape index (κ1) is 17.3. The molecule has 124 valence electrons. The summed E-state index contributed by atoms with van der Waals surface area (Å²) < 4.78 is 0. The highest BCUT2D eigenvalue weighted by Crippen LogP contribution is 2.18. The van der Waals surface area contributed by atoms with Crippen molar-refractivity contribution >= 4 is 11.7 Å². The summed E-state index contributed by atoms with van der Waals surface area (Å²) in [4.78, 5) is 25.5. The van der Waals surface area contributed by atoms with E-state index in [1.807, 2.05) is 19.1 Å². The highest BCUT2D eigenvalue weighted by Gasteiger charge is 2.12. The monoisotopic (exact) mass is 324 g/mol. The quantitative estimate of drug-likeness (QED) is 0.834. The number of rotatable bonds is 4. The molecule has 0 bridgehead atoms. The van der Waals surface area contributed by atoms with Crippen molar-refractivity contribution in [2.45, 2.75) is 20.8 Å². The van der Waals surface area contributed by atoms with Crippen molar-refractivity contribution in [2.24, 2.45) is 0 Å². The average Bonchev–Trinajstić information content (AvgIpc) is 2.55. The zero-order chi connectivity index (χ0) is 17.7. The Kier molecular flexibility index (Phi) is 5.37. The van der Waals surface area contributed by atoms with Gasteiger partial charge < -0.3 is 15.3 Å². The van der Waals surface area contributed by atoms with Gasteiger partial charge in [0.15, 0.2) is 5.78 Å². The number of Topliss-reactive ketones (excluding diaryl/α,β-unsaturated/α-hetero) is 1. The number of allylic oxidation sites excluding steroid dienone is 4. The van der Waals surface area contributed by atoms with Crippen LogP contribution in [-0.2, 0) is 4.79 Å². The minimum atomic E-state index is -0.276. The maximum atomic E-state index is 12.2. The van der Waals surface area contributed by atoms with Gasteiger partial charge in [-0.05, 0) is 57.2 Å². The fourth-order valence-electron chi connectivity index (χ4n) is 2.08. The van der Waals surface area contributed by atoms with Crippen LogP contribution in [0.4, 0.5) is 0 Å². The van der Waals surface area contributed by atoms with Crippen LogP contribution in [0.2, 0.25) is 0 Å². The molecule has 0 atom stereocenters. The topological polar surface area (TPSA) is 69.6 Å². The van der Waals surface area contributed by atoms with Crippen molar-refractivity contribution in [1.29, 1.82) is 0 Å². The number of hydrogen-bond donors (Lipinski definition) is 2. The number of nitrogens with one attached hydrogen (secondary N) is 1. The highest BCUT2D eigenvalue weighted by atomic mass is 16.3. The van der Waals surface area contributed by atoms with Crippen LogP contribution in [0, 0.1) is 0 Å². The summed E-state index contributed by atoms with van der Waals surface area (Å²) in [6, 6.07) is 6.02. The van der Waals surface area contributed by atoms with E-state index in [2.05, 4.69) is 5.32 Å². The van der Waals surface area contributed by atoms with Gasteiger partial charge in [-0.3, -0.25) is 9.59 Å².